The van der Waals surface area contributed by atoms with Crippen LogP contribution < -0.4 is 4.90 Å². The molecule has 0 radical (unpaired) electrons. The predicted octanol–water partition coefficient (Wildman–Crippen LogP) is 3.66. The van der Waals surface area contributed by atoms with Crippen LogP contribution in [0.25, 0.3) is 0 Å². The lowest BCUT2D eigenvalue weighted by Crippen LogP contribution is -2.17. The zero-order chi connectivity index (χ0) is 10.4. The van der Waals surface area contributed by atoms with Crippen LogP contribution in [-0.2, 0) is 5.88 Å². The maximum atomic E-state index is 5.73. The van der Waals surface area contributed by atoms with Crippen molar-refractivity contribution < 1.29 is 0 Å². The molecular formula is C12H18ClN. The van der Waals surface area contributed by atoms with Gasteiger partial charge in [-0.2, -0.15) is 0 Å². The van der Waals surface area contributed by atoms with Crippen LogP contribution in [-0.4, -0.2) is 13.6 Å². The number of halogens is 1. The molecule has 78 valence electrons. The average molecular weight is 212 g/mol. The van der Waals surface area contributed by atoms with Gasteiger partial charge < -0.3 is 4.90 Å². The van der Waals surface area contributed by atoms with Crippen LogP contribution in [0.4, 0.5) is 5.69 Å². The zero-order valence-electron chi connectivity index (χ0n) is 8.96. The Bertz CT molecular complexity index is 256. The molecule has 0 bridgehead atoms. The van der Waals surface area contributed by atoms with Crippen molar-refractivity contribution in [1.29, 1.82) is 0 Å². The molecule has 0 N–H and O–H groups in total. The lowest BCUT2D eigenvalue weighted by atomic mass is 10.2. The van der Waals surface area contributed by atoms with Crippen LogP contribution in [0.3, 0.4) is 0 Å². The van der Waals surface area contributed by atoms with Crippen molar-refractivity contribution in [3.05, 3.63) is 29.8 Å². The Morgan fingerprint density at radius 2 is 1.86 bits per heavy atom. The fourth-order valence-corrected chi connectivity index (χ4v) is 1.54. The van der Waals surface area contributed by atoms with Crippen LogP contribution in [0.1, 0.15) is 25.3 Å². The molecule has 0 saturated heterocycles. The largest absolute Gasteiger partial charge is 0.375 e. The van der Waals surface area contributed by atoms with E-state index in [1.807, 2.05) is 0 Å². The minimum atomic E-state index is 0.596. The minimum absolute atomic E-state index is 0.596. The number of hydrogen-bond donors (Lipinski definition) is 0. The normalized spacial score (nSPS) is 10.2. The summed E-state index contributed by atoms with van der Waals surface area (Å²) in [5.74, 6) is 0.596. The molecule has 0 aliphatic heterocycles. The van der Waals surface area contributed by atoms with E-state index >= 15 is 0 Å². The molecule has 2 heteroatoms. The van der Waals surface area contributed by atoms with Crippen molar-refractivity contribution >= 4 is 17.3 Å². The summed E-state index contributed by atoms with van der Waals surface area (Å²) in [6, 6.07) is 8.44. The third-order valence-corrected chi connectivity index (χ3v) is 2.69. The highest BCUT2D eigenvalue weighted by molar-refractivity contribution is 6.17. The molecule has 0 fully saturated rings. The maximum Gasteiger partial charge on any atom is 0.0474 e. The summed E-state index contributed by atoms with van der Waals surface area (Å²) in [5, 5.41) is 0. The van der Waals surface area contributed by atoms with Crippen LogP contribution in [0.2, 0.25) is 0 Å². The summed E-state index contributed by atoms with van der Waals surface area (Å²) in [6.45, 7) is 3.33. The predicted molar refractivity (Wildman–Crippen MR) is 64.2 cm³/mol. The Morgan fingerprint density at radius 1 is 1.21 bits per heavy atom. The molecule has 0 amide bonds. The Morgan fingerprint density at radius 3 is 2.36 bits per heavy atom. The van der Waals surface area contributed by atoms with E-state index in [-0.39, 0.29) is 0 Å². The Balaban J connectivity index is 2.57. The van der Waals surface area contributed by atoms with E-state index in [2.05, 4.69) is 43.1 Å². The van der Waals surface area contributed by atoms with Crippen molar-refractivity contribution in [2.45, 2.75) is 25.6 Å². The van der Waals surface area contributed by atoms with Crippen molar-refractivity contribution in [1.82, 2.24) is 0 Å². The monoisotopic (exact) mass is 211 g/mol. The van der Waals surface area contributed by atoms with Crippen molar-refractivity contribution in [2.75, 3.05) is 18.5 Å². The van der Waals surface area contributed by atoms with Gasteiger partial charge in [0.05, 0.1) is 0 Å². The van der Waals surface area contributed by atoms with E-state index in [1.54, 1.807) is 0 Å². The van der Waals surface area contributed by atoms with E-state index < -0.39 is 0 Å². The maximum absolute atomic E-state index is 5.73. The second kappa shape index (κ2) is 5.92. The van der Waals surface area contributed by atoms with Gasteiger partial charge in [-0.25, -0.2) is 0 Å². The second-order valence-electron chi connectivity index (χ2n) is 3.58. The first kappa shape index (κ1) is 11.4. The molecule has 0 atom stereocenters. The number of hydrogen-bond acceptors (Lipinski definition) is 1. The number of nitrogens with zero attached hydrogens (tertiary/aromatic N) is 1. The Labute approximate surface area is 91.7 Å². The molecule has 0 unspecified atom stereocenters. The fraction of sp³-hybridized carbons (Fsp3) is 0.500. The number of alkyl halides is 1. The quantitative estimate of drug-likeness (QED) is 0.672. The standard InChI is InChI=1S/C12H18ClN/c1-3-4-9-14(2)12-7-5-11(10-13)6-8-12/h5-8H,3-4,9-10H2,1-2H3. The number of unbranched alkanes of at least 4 members (excludes halogenated alkanes) is 1. The average Bonchev–Trinajstić information content (AvgIpc) is 2.26. The second-order valence-corrected chi connectivity index (χ2v) is 3.84. The van der Waals surface area contributed by atoms with Gasteiger partial charge in [-0.15, -0.1) is 11.6 Å². The molecule has 1 aromatic rings. The highest BCUT2D eigenvalue weighted by Gasteiger charge is 1.99. The molecule has 0 spiro atoms. The molecule has 0 heterocycles. The molecule has 0 aromatic heterocycles. The van der Waals surface area contributed by atoms with Crippen molar-refractivity contribution in [3.63, 3.8) is 0 Å². The number of rotatable bonds is 5. The zero-order valence-corrected chi connectivity index (χ0v) is 9.72. The first-order chi connectivity index (χ1) is 6.77. The smallest absolute Gasteiger partial charge is 0.0474 e. The van der Waals surface area contributed by atoms with Gasteiger partial charge in [0, 0.05) is 25.2 Å². The summed E-state index contributed by atoms with van der Waals surface area (Å²) in [6.07, 6.45) is 2.48. The van der Waals surface area contributed by atoms with Gasteiger partial charge in [0.15, 0.2) is 0 Å². The molecular weight excluding hydrogens is 194 g/mol. The van der Waals surface area contributed by atoms with E-state index in [0.717, 1.165) is 6.54 Å². The summed E-state index contributed by atoms with van der Waals surface area (Å²) >= 11 is 5.73. The molecule has 1 nitrogen and oxygen atoms in total. The van der Waals surface area contributed by atoms with Gasteiger partial charge in [0.2, 0.25) is 0 Å². The molecule has 0 aliphatic carbocycles. The number of anilines is 1. The Kier molecular flexibility index (Phi) is 4.81. The highest BCUT2D eigenvalue weighted by atomic mass is 35.5. The molecule has 1 aromatic carbocycles. The summed E-state index contributed by atoms with van der Waals surface area (Å²) in [5.41, 5.74) is 2.45. The van der Waals surface area contributed by atoms with Gasteiger partial charge in [-0.05, 0) is 24.1 Å². The highest BCUT2D eigenvalue weighted by Crippen LogP contribution is 2.15. The van der Waals surface area contributed by atoms with Crippen molar-refractivity contribution in [2.24, 2.45) is 0 Å². The van der Waals surface area contributed by atoms with Crippen molar-refractivity contribution in [3.8, 4) is 0 Å². The first-order valence-corrected chi connectivity index (χ1v) is 5.67. The molecule has 14 heavy (non-hydrogen) atoms. The van der Waals surface area contributed by atoms with Gasteiger partial charge in [-0.1, -0.05) is 25.5 Å². The lowest BCUT2D eigenvalue weighted by molar-refractivity contribution is 0.766. The molecule has 1 rings (SSSR count). The summed E-state index contributed by atoms with van der Waals surface area (Å²) in [7, 11) is 2.13. The topological polar surface area (TPSA) is 3.24 Å². The van der Waals surface area contributed by atoms with Gasteiger partial charge in [-0.3, -0.25) is 0 Å². The van der Waals surface area contributed by atoms with E-state index in [0.29, 0.717) is 5.88 Å². The lowest BCUT2D eigenvalue weighted by Gasteiger charge is -2.18. The van der Waals surface area contributed by atoms with Crippen LogP contribution in [0.15, 0.2) is 24.3 Å². The third kappa shape index (κ3) is 3.22. The van der Waals surface area contributed by atoms with Gasteiger partial charge in [0.1, 0.15) is 0 Å². The van der Waals surface area contributed by atoms with E-state index in [9.17, 15) is 0 Å². The molecule has 0 saturated carbocycles. The Hall–Kier alpha value is -0.690. The van der Waals surface area contributed by atoms with Crippen LogP contribution in [0, 0.1) is 0 Å². The van der Waals surface area contributed by atoms with Crippen LogP contribution >= 0.6 is 11.6 Å². The van der Waals surface area contributed by atoms with Gasteiger partial charge in [0.25, 0.3) is 0 Å². The SMILES string of the molecule is CCCCN(C)c1ccc(CCl)cc1. The number of benzene rings is 1. The molecule has 0 aliphatic rings. The fourth-order valence-electron chi connectivity index (χ4n) is 1.36. The third-order valence-electron chi connectivity index (χ3n) is 2.38. The summed E-state index contributed by atoms with van der Waals surface area (Å²) < 4.78 is 0. The first-order valence-electron chi connectivity index (χ1n) is 5.14. The van der Waals surface area contributed by atoms with Gasteiger partial charge >= 0.3 is 0 Å². The summed E-state index contributed by atoms with van der Waals surface area (Å²) in [4.78, 5) is 2.28. The van der Waals surface area contributed by atoms with E-state index in [4.69, 9.17) is 11.6 Å². The van der Waals surface area contributed by atoms with Crippen LogP contribution in [0.5, 0.6) is 0 Å². The minimum Gasteiger partial charge on any atom is -0.375 e. The van der Waals surface area contributed by atoms with E-state index in [1.165, 1.54) is 24.1 Å².